The topological polar surface area (TPSA) is 68.7 Å². The molecular weight excluding hydrogens is 323 g/mol. The van der Waals surface area contributed by atoms with Crippen molar-refractivity contribution in [2.45, 2.75) is 11.7 Å². The van der Waals surface area contributed by atoms with Gasteiger partial charge in [-0.3, -0.25) is 4.98 Å². The second kappa shape index (κ2) is 5.42. The van der Waals surface area contributed by atoms with Crippen LogP contribution in [-0.4, -0.2) is 29.5 Å². The van der Waals surface area contributed by atoms with Gasteiger partial charge in [-0.1, -0.05) is 15.9 Å². The third-order valence-electron chi connectivity index (χ3n) is 1.84. The number of aromatic nitrogens is 1. The summed E-state index contributed by atoms with van der Waals surface area (Å²) in [6.07, 6.45) is -4.32. The Morgan fingerprint density at radius 1 is 1.56 bits per heavy atom. The molecule has 18 heavy (non-hydrogen) atoms. The van der Waals surface area contributed by atoms with E-state index in [4.69, 9.17) is 0 Å². The van der Waals surface area contributed by atoms with Gasteiger partial charge in [0.1, 0.15) is 5.56 Å². The minimum absolute atomic E-state index is 0.00933. The monoisotopic (exact) mass is 329 g/mol. The fourth-order valence-electron chi connectivity index (χ4n) is 1.12. The molecule has 0 atom stereocenters. The Hall–Kier alpha value is -1.51. The van der Waals surface area contributed by atoms with Gasteiger partial charge in [-0.05, 0) is 0 Å². The molecule has 0 bridgehead atoms. The molecule has 1 rings (SSSR count). The molecule has 1 heterocycles. The molecule has 0 aliphatic heterocycles. The molecular formula is C9H7BrF3NO4. The van der Waals surface area contributed by atoms with Crippen molar-refractivity contribution < 1.29 is 32.5 Å². The van der Waals surface area contributed by atoms with Crippen LogP contribution in [0.15, 0.2) is 6.20 Å². The minimum Gasteiger partial charge on any atom is -0.505 e. The zero-order chi connectivity index (χ0) is 13.9. The number of aromatic hydroxyl groups is 1. The first kappa shape index (κ1) is 14.6. The van der Waals surface area contributed by atoms with Crippen molar-refractivity contribution >= 4 is 21.9 Å². The Morgan fingerprint density at radius 3 is 2.61 bits per heavy atom. The summed E-state index contributed by atoms with van der Waals surface area (Å²) < 4.78 is 44.2. The third kappa shape index (κ3) is 3.25. The Bertz CT molecular complexity index is 464. The van der Waals surface area contributed by atoms with Crippen LogP contribution in [0.5, 0.6) is 11.5 Å². The van der Waals surface area contributed by atoms with Crippen LogP contribution >= 0.6 is 15.9 Å². The predicted octanol–water partition coefficient (Wildman–Crippen LogP) is 2.37. The molecule has 1 N–H and O–H groups in total. The summed E-state index contributed by atoms with van der Waals surface area (Å²) in [6.45, 7) is 0. The number of rotatable bonds is 3. The van der Waals surface area contributed by atoms with E-state index < -0.39 is 29.4 Å². The number of ether oxygens (including phenoxy) is 2. The standard InChI is InChI=1S/C9H7BrF3NO4/c1-17-8(16)6-5(18-9(11,12)13)3-14-4(2-10)7(6)15/h3,15H,2H2,1H3. The van der Waals surface area contributed by atoms with Crippen LogP contribution < -0.4 is 4.74 Å². The van der Waals surface area contributed by atoms with Gasteiger partial charge in [-0.2, -0.15) is 0 Å². The number of carbonyl (C=O) groups is 1. The first-order valence-electron chi connectivity index (χ1n) is 4.41. The number of nitrogens with zero attached hydrogens (tertiary/aromatic N) is 1. The zero-order valence-corrected chi connectivity index (χ0v) is 10.5. The van der Waals surface area contributed by atoms with E-state index in [1.54, 1.807) is 0 Å². The summed E-state index contributed by atoms with van der Waals surface area (Å²) in [5.74, 6) is -2.80. The van der Waals surface area contributed by atoms with Crippen LogP contribution in [0.4, 0.5) is 13.2 Å². The number of alkyl halides is 4. The minimum atomic E-state index is -5.01. The first-order chi connectivity index (χ1) is 8.30. The average molecular weight is 330 g/mol. The number of carbonyl (C=O) groups excluding carboxylic acids is 1. The van der Waals surface area contributed by atoms with Gasteiger partial charge in [0, 0.05) is 5.33 Å². The van der Waals surface area contributed by atoms with Crippen molar-refractivity contribution in [3.8, 4) is 11.5 Å². The molecule has 1 aromatic heterocycles. The maximum Gasteiger partial charge on any atom is 0.573 e. The summed E-state index contributed by atoms with van der Waals surface area (Å²) in [5.41, 5.74) is -0.732. The fourth-order valence-corrected chi connectivity index (χ4v) is 1.53. The molecule has 0 amide bonds. The Kier molecular flexibility index (Phi) is 4.38. The van der Waals surface area contributed by atoms with E-state index in [9.17, 15) is 23.1 Å². The molecule has 0 aliphatic rings. The lowest BCUT2D eigenvalue weighted by Crippen LogP contribution is -2.20. The highest BCUT2D eigenvalue weighted by Crippen LogP contribution is 2.34. The molecule has 0 fully saturated rings. The van der Waals surface area contributed by atoms with E-state index in [0.717, 1.165) is 7.11 Å². The Labute approximate surface area is 108 Å². The van der Waals surface area contributed by atoms with Gasteiger partial charge in [-0.25, -0.2) is 4.79 Å². The van der Waals surface area contributed by atoms with Gasteiger partial charge in [0.15, 0.2) is 11.5 Å². The zero-order valence-electron chi connectivity index (χ0n) is 8.92. The lowest BCUT2D eigenvalue weighted by Gasteiger charge is -2.13. The molecule has 0 saturated heterocycles. The highest BCUT2D eigenvalue weighted by Gasteiger charge is 2.35. The summed E-state index contributed by atoms with van der Waals surface area (Å²) in [4.78, 5) is 14.9. The van der Waals surface area contributed by atoms with Crippen molar-refractivity contribution in [3.05, 3.63) is 17.5 Å². The maximum absolute atomic E-state index is 12.1. The van der Waals surface area contributed by atoms with Crippen LogP contribution in [0.2, 0.25) is 0 Å². The molecule has 0 saturated carbocycles. The van der Waals surface area contributed by atoms with Gasteiger partial charge in [0.05, 0.1) is 19.0 Å². The Balaban J connectivity index is 3.34. The summed E-state index contributed by atoms with van der Waals surface area (Å²) in [6, 6.07) is 0. The van der Waals surface area contributed by atoms with E-state index in [0.29, 0.717) is 6.20 Å². The van der Waals surface area contributed by atoms with Gasteiger partial charge in [0.2, 0.25) is 0 Å². The first-order valence-corrected chi connectivity index (χ1v) is 5.53. The fraction of sp³-hybridized carbons (Fsp3) is 0.333. The van der Waals surface area contributed by atoms with E-state index >= 15 is 0 Å². The van der Waals surface area contributed by atoms with Gasteiger partial charge >= 0.3 is 12.3 Å². The van der Waals surface area contributed by atoms with Gasteiger partial charge in [-0.15, -0.1) is 13.2 Å². The highest BCUT2D eigenvalue weighted by molar-refractivity contribution is 9.08. The highest BCUT2D eigenvalue weighted by atomic mass is 79.9. The molecule has 0 spiro atoms. The molecule has 0 unspecified atom stereocenters. The normalized spacial score (nSPS) is 11.2. The van der Waals surface area contributed by atoms with Crippen molar-refractivity contribution in [1.82, 2.24) is 4.98 Å². The van der Waals surface area contributed by atoms with Crippen molar-refractivity contribution in [1.29, 1.82) is 0 Å². The van der Waals surface area contributed by atoms with E-state index in [2.05, 4.69) is 30.4 Å². The van der Waals surface area contributed by atoms with Crippen LogP contribution in [-0.2, 0) is 10.1 Å². The van der Waals surface area contributed by atoms with Crippen LogP contribution in [0.3, 0.4) is 0 Å². The van der Waals surface area contributed by atoms with Crippen molar-refractivity contribution in [2.24, 2.45) is 0 Å². The largest absolute Gasteiger partial charge is 0.573 e. The lowest BCUT2D eigenvalue weighted by atomic mass is 10.2. The van der Waals surface area contributed by atoms with Gasteiger partial charge in [0.25, 0.3) is 0 Å². The number of hydrogen-bond acceptors (Lipinski definition) is 5. The van der Waals surface area contributed by atoms with E-state index in [1.165, 1.54) is 0 Å². The SMILES string of the molecule is COC(=O)c1c(OC(F)(F)F)cnc(CBr)c1O. The average Bonchev–Trinajstić information content (AvgIpc) is 2.26. The smallest absolute Gasteiger partial charge is 0.505 e. The van der Waals surface area contributed by atoms with Crippen LogP contribution in [0.1, 0.15) is 16.1 Å². The van der Waals surface area contributed by atoms with Crippen molar-refractivity contribution in [3.63, 3.8) is 0 Å². The number of methoxy groups -OCH3 is 1. The van der Waals surface area contributed by atoms with E-state index in [1.807, 2.05) is 0 Å². The second-order valence-electron chi connectivity index (χ2n) is 2.97. The predicted molar refractivity (Wildman–Crippen MR) is 56.6 cm³/mol. The number of pyridine rings is 1. The molecule has 0 radical (unpaired) electrons. The van der Waals surface area contributed by atoms with Crippen LogP contribution in [0.25, 0.3) is 0 Å². The summed E-state index contributed by atoms with van der Waals surface area (Å²) in [5, 5.41) is 9.68. The Morgan fingerprint density at radius 2 is 2.17 bits per heavy atom. The maximum atomic E-state index is 12.1. The van der Waals surface area contributed by atoms with Crippen LogP contribution in [0, 0.1) is 0 Å². The third-order valence-corrected chi connectivity index (χ3v) is 2.37. The number of halogens is 4. The molecule has 100 valence electrons. The van der Waals surface area contributed by atoms with Gasteiger partial charge < -0.3 is 14.6 Å². The molecule has 0 aromatic carbocycles. The quantitative estimate of drug-likeness (QED) is 0.681. The molecule has 5 nitrogen and oxygen atoms in total. The molecule has 1 aromatic rings. The molecule has 9 heteroatoms. The summed E-state index contributed by atoms with van der Waals surface area (Å²) in [7, 11) is 0.966. The summed E-state index contributed by atoms with van der Waals surface area (Å²) >= 11 is 2.96. The number of hydrogen-bond donors (Lipinski definition) is 1. The van der Waals surface area contributed by atoms with Crippen molar-refractivity contribution in [2.75, 3.05) is 7.11 Å². The van der Waals surface area contributed by atoms with E-state index in [-0.39, 0.29) is 11.0 Å². The second-order valence-corrected chi connectivity index (χ2v) is 3.53. The molecule has 0 aliphatic carbocycles. The number of esters is 1. The lowest BCUT2D eigenvalue weighted by molar-refractivity contribution is -0.274.